The van der Waals surface area contributed by atoms with Gasteiger partial charge in [0.15, 0.2) is 5.96 Å². The van der Waals surface area contributed by atoms with Crippen LogP contribution in [0.3, 0.4) is 0 Å². The summed E-state index contributed by atoms with van der Waals surface area (Å²) < 4.78 is 4.85. The van der Waals surface area contributed by atoms with Crippen molar-refractivity contribution in [1.82, 2.24) is 16.0 Å². The number of amides is 2. The molecule has 0 aromatic heterocycles. The van der Waals surface area contributed by atoms with Crippen molar-refractivity contribution < 1.29 is 19.1 Å². The van der Waals surface area contributed by atoms with E-state index in [-0.39, 0.29) is 25.0 Å². The first kappa shape index (κ1) is 27.2. The van der Waals surface area contributed by atoms with Gasteiger partial charge in [-0.25, -0.2) is 9.79 Å². The molecule has 2 aromatic carbocycles. The molecular weight excluding hydrogens is 472 g/mol. The Morgan fingerprint density at radius 1 is 1.08 bits per heavy atom. The number of hydrogen-bond donors (Lipinski definition) is 5. The maximum atomic E-state index is 12.7. The normalized spacial score (nSPS) is 15.9. The molecule has 3 atom stereocenters. The SMILES string of the molecule is COC(=O)[C@H](Cc1ccc(C#Cc2ccccc2)cc1)NC(=O)CNC(=O)C(N=C(N)N)[C@@H]1CCCN1. The van der Waals surface area contributed by atoms with Crippen LogP contribution in [0.2, 0.25) is 0 Å². The fourth-order valence-corrected chi connectivity index (χ4v) is 3.95. The van der Waals surface area contributed by atoms with Crippen LogP contribution in [0.1, 0.15) is 29.5 Å². The summed E-state index contributed by atoms with van der Waals surface area (Å²) in [5.74, 6) is 4.36. The molecule has 1 unspecified atom stereocenters. The number of carbonyl (C=O) groups is 3. The lowest BCUT2D eigenvalue weighted by atomic mass is 10.0. The van der Waals surface area contributed by atoms with Crippen molar-refractivity contribution in [3.8, 4) is 11.8 Å². The molecule has 10 heteroatoms. The van der Waals surface area contributed by atoms with Crippen molar-refractivity contribution in [2.24, 2.45) is 16.5 Å². The number of nitrogens with one attached hydrogen (secondary N) is 3. The number of esters is 1. The summed E-state index contributed by atoms with van der Waals surface area (Å²) in [6, 6.07) is 15.0. The largest absolute Gasteiger partial charge is 0.467 e. The number of rotatable bonds is 9. The summed E-state index contributed by atoms with van der Waals surface area (Å²) in [6.07, 6.45) is 1.85. The highest BCUT2D eigenvalue weighted by molar-refractivity contribution is 5.91. The van der Waals surface area contributed by atoms with E-state index in [0.717, 1.165) is 36.1 Å². The minimum absolute atomic E-state index is 0.207. The van der Waals surface area contributed by atoms with Crippen molar-refractivity contribution in [1.29, 1.82) is 0 Å². The quantitative estimate of drug-likeness (QED) is 0.137. The monoisotopic (exact) mass is 504 g/mol. The summed E-state index contributed by atoms with van der Waals surface area (Å²) in [5, 5.41) is 8.36. The van der Waals surface area contributed by atoms with Gasteiger partial charge in [-0.1, -0.05) is 42.2 Å². The number of benzene rings is 2. The highest BCUT2D eigenvalue weighted by Gasteiger charge is 2.31. The summed E-state index contributed by atoms with van der Waals surface area (Å²) in [4.78, 5) is 41.6. The number of guanidine groups is 1. The Morgan fingerprint density at radius 3 is 2.35 bits per heavy atom. The van der Waals surface area contributed by atoms with Crippen molar-refractivity contribution in [2.75, 3.05) is 20.2 Å². The van der Waals surface area contributed by atoms with Gasteiger partial charge in [0.25, 0.3) is 0 Å². The van der Waals surface area contributed by atoms with Gasteiger partial charge in [0.05, 0.1) is 13.7 Å². The first-order valence-corrected chi connectivity index (χ1v) is 12.0. The predicted octanol–water partition coefficient (Wildman–Crippen LogP) is -0.203. The zero-order valence-electron chi connectivity index (χ0n) is 20.7. The Labute approximate surface area is 216 Å². The van der Waals surface area contributed by atoms with Crippen LogP contribution < -0.4 is 27.4 Å². The summed E-state index contributed by atoms with van der Waals surface area (Å²) in [6.45, 7) is 0.417. The molecule has 0 aliphatic carbocycles. The molecule has 0 bridgehead atoms. The van der Waals surface area contributed by atoms with Crippen LogP contribution in [0.5, 0.6) is 0 Å². The highest BCUT2D eigenvalue weighted by atomic mass is 16.5. The second-order valence-corrected chi connectivity index (χ2v) is 8.58. The van der Waals surface area contributed by atoms with Gasteiger partial charge in [-0.15, -0.1) is 0 Å². The van der Waals surface area contributed by atoms with Crippen LogP contribution >= 0.6 is 0 Å². The third kappa shape index (κ3) is 8.66. The fraction of sp³-hybridized carbons (Fsp3) is 0.333. The van der Waals surface area contributed by atoms with E-state index >= 15 is 0 Å². The summed E-state index contributed by atoms with van der Waals surface area (Å²) in [7, 11) is 1.25. The number of nitrogens with zero attached hydrogens (tertiary/aromatic N) is 1. The molecule has 2 amide bonds. The van der Waals surface area contributed by atoms with E-state index in [1.807, 2.05) is 54.6 Å². The van der Waals surface area contributed by atoms with Crippen molar-refractivity contribution in [3.05, 3.63) is 71.3 Å². The zero-order valence-corrected chi connectivity index (χ0v) is 20.7. The third-order valence-corrected chi connectivity index (χ3v) is 5.80. The number of ether oxygens (including phenoxy) is 1. The molecule has 10 nitrogen and oxygen atoms in total. The second-order valence-electron chi connectivity index (χ2n) is 8.58. The standard InChI is InChI=1S/C27H32N6O4/c1-37-26(36)22(16-20-13-11-19(12-14-20)10-9-18-6-3-2-4-7-18)32-23(34)17-31-25(35)24(33-27(28)29)21-8-5-15-30-21/h2-4,6-7,11-14,21-22,24,30H,5,8,15-17H2,1H3,(H,31,35)(H,32,34)(H4,28,29,33)/t21-,22-,24?/m0/s1. The molecule has 3 rings (SSSR count). The van der Waals surface area contributed by atoms with Crippen LogP contribution in [0.4, 0.5) is 0 Å². The first-order chi connectivity index (χ1) is 17.9. The molecular formula is C27H32N6O4. The molecule has 1 heterocycles. The number of methoxy groups -OCH3 is 1. The number of nitrogens with two attached hydrogens (primary N) is 2. The van der Waals surface area contributed by atoms with E-state index in [1.54, 1.807) is 0 Å². The van der Waals surface area contributed by atoms with Gasteiger partial charge < -0.3 is 32.2 Å². The lowest BCUT2D eigenvalue weighted by Gasteiger charge is -2.20. The number of aliphatic imine (C=N–C) groups is 1. The molecule has 0 radical (unpaired) electrons. The molecule has 0 saturated carbocycles. The highest BCUT2D eigenvalue weighted by Crippen LogP contribution is 2.12. The molecule has 37 heavy (non-hydrogen) atoms. The van der Waals surface area contributed by atoms with E-state index in [9.17, 15) is 14.4 Å². The van der Waals surface area contributed by atoms with Crippen LogP contribution in [-0.4, -0.2) is 62.1 Å². The maximum absolute atomic E-state index is 12.7. The van der Waals surface area contributed by atoms with Gasteiger partial charge in [0.1, 0.15) is 12.1 Å². The molecule has 0 spiro atoms. The fourth-order valence-electron chi connectivity index (χ4n) is 3.95. The van der Waals surface area contributed by atoms with Crippen LogP contribution in [0.25, 0.3) is 0 Å². The molecule has 7 N–H and O–H groups in total. The van der Waals surface area contributed by atoms with Crippen LogP contribution in [0.15, 0.2) is 59.6 Å². The Balaban J connectivity index is 1.57. The lowest BCUT2D eigenvalue weighted by molar-refractivity contribution is -0.145. The Bertz CT molecular complexity index is 1160. The average Bonchev–Trinajstić information content (AvgIpc) is 3.44. The van der Waals surface area contributed by atoms with Crippen molar-refractivity contribution >= 4 is 23.7 Å². The Kier molecular flexibility index (Phi) is 10.0. The zero-order chi connectivity index (χ0) is 26.6. The van der Waals surface area contributed by atoms with E-state index in [0.29, 0.717) is 0 Å². The molecule has 1 aliphatic heterocycles. The molecule has 1 fully saturated rings. The molecule has 2 aromatic rings. The lowest BCUT2D eigenvalue weighted by Crippen LogP contribution is -2.51. The van der Waals surface area contributed by atoms with Gasteiger partial charge in [-0.3, -0.25) is 9.59 Å². The van der Waals surface area contributed by atoms with Crippen molar-refractivity contribution in [2.45, 2.75) is 37.4 Å². The minimum atomic E-state index is -0.930. The van der Waals surface area contributed by atoms with E-state index < -0.39 is 29.9 Å². The number of carbonyl (C=O) groups excluding carboxylic acids is 3. The smallest absolute Gasteiger partial charge is 0.328 e. The third-order valence-electron chi connectivity index (χ3n) is 5.80. The van der Waals surface area contributed by atoms with Crippen LogP contribution in [0, 0.1) is 11.8 Å². The summed E-state index contributed by atoms with van der Waals surface area (Å²) >= 11 is 0. The van der Waals surface area contributed by atoms with Crippen LogP contribution in [-0.2, 0) is 25.5 Å². The summed E-state index contributed by atoms with van der Waals surface area (Å²) in [5.41, 5.74) is 13.5. The van der Waals surface area contributed by atoms with Gasteiger partial charge >= 0.3 is 5.97 Å². The van der Waals surface area contributed by atoms with Gasteiger partial charge in [0.2, 0.25) is 11.8 Å². The van der Waals surface area contributed by atoms with E-state index in [4.69, 9.17) is 16.2 Å². The predicted molar refractivity (Wildman–Crippen MR) is 140 cm³/mol. The maximum Gasteiger partial charge on any atom is 0.328 e. The van der Waals surface area contributed by atoms with Gasteiger partial charge in [0, 0.05) is 23.6 Å². The Hall–Kier alpha value is -4.36. The van der Waals surface area contributed by atoms with Crippen molar-refractivity contribution in [3.63, 3.8) is 0 Å². The Morgan fingerprint density at radius 2 is 1.76 bits per heavy atom. The molecule has 1 aliphatic rings. The minimum Gasteiger partial charge on any atom is -0.467 e. The van der Waals surface area contributed by atoms with E-state index in [2.05, 4.69) is 32.8 Å². The van der Waals surface area contributed by atoms with E-state index in [1.165, 1.54) is 7.11 Å². The topological polar surface area (TPSA) is 161 Å². The number of hydrogen-bond acceptors (Lipinski definition) is 6. The first-order valence-electron chi connectivity index (χ1n) is 12.0. The van der Waals surface area contributed by atoms with Gasteiger partial charge in [-0.2, -0.15) is 0 Å². The van der Waals surface area contributed by atoms with Gasteiger partial charge in [-0.05, 0) is 49.2 Å². The molecule has 1 saturated heterocycles. The molecule has 194 valence electrons. The average molecular weight is 505 g/mol. The second kappa shape index (κ2) is 13.7.